The summed E-state index contributed by atoms with van der Waals surface area (Å²) in [6.07, 6.45) is 8.48. The first-order valence-corrected chi connectivity index (χ1v) is 6.65. The Morgan fingerprint density at radius 1 is 1.31 bits per heavy atom. The quantitative estimate of drug-likeness (QED) is 0.778. The summed E-state index contributed by atoms with van der Waals surface area (Å²) in [5, 5.41) is 0. The van der Waals surface area contributed by atoms with Crippen molar-refractivity contribution in [2.45, 2.75) is 57.9 Å². The molecule has 2 fully saturated rings. The summed E-state index contributed by atoms with van der Waals surface area (Å²) in [5.41, 5.74) is 6.16. The van der Waals surface area contributed by atoms with Gasteiger partial charge in [-0.05, 0) is 31.6 Å². The highest BCUT2D eigenvalue weighted by atomic mass is 16.2. The van der Waals surface area contributed by atoms with E-state index in [0.717, 1.165) is 13.1 Å². The third-order valence-corrected chi connectivity index (χ3v) is 4.20. The SMILES string of the molecule is CC(N)CC(=O)N1CCC2(CCCCC2)C1. The van der Waals surface area contributed by atoms with Gasteiger partial charge in [0.05, 0.1) is 0 Å². The molecular formula is C13H24N2O. The van der Waals surface area contributed by atoms with Gasteiger partial charge in [0.2, 0.25) is 5.91 Å². The van der Waals surface area contributed by atoms with Crippen molar-refractivity contribution in [2.24, 2.45) is 11.1 Å². The standard InChI is InChI=1S/C13H24N2O/c1-11(14)9-12(16)15-8-7-13(10-15)5-3-2-4-6-13/h11H,2-10,14H2,1H3. The Balaban J connectivity index is 1.89. The predicted molar refractivity (Wildman–Crippen MR) is 65.0 cm³/mol. The lowest BCUT2D eigenvalue weighted by Gasteiger charge is -2.33. The smallest absolute Gasteiger partial charge is 0.224 e. The summed E-state index contributed by atoms with van der Waals surface area (Å²) in [6, 6.07) is -0.00425. The van der Waals surface area contributed by atoms with Gasteiger partial charge >= 0.3 is 0 Å². The van der Waals surface area contributed by atoms with E-state index in [1.165, 1.54) is 38.5 Å². The molecule has 0 aromatic heterocycles. The van der Waals surface area contributed by atoms with Crippen LogP contribution < -0.4 is 5.73 Å². The lowest BCUT2D eigenvalue weighted by atomic mass is 9.73. The summed E-state index contributed by atoms with van der Waals surface area (Å²) in [4.78, 5) is 14.0. The molecule has 2 N–H and O–H groups in total. The Labute approximate surface area is 98.4 Å². The van der Waals surface area contributed by atoms with Crippen molar-refractivity contribution in [1.29, 1.82) is 0 Å². The molecule has 1 aliphatic carbocycles. The number of amides is 1. The van der Waals surface area contributed by atoms with E-state index in [-0.39, 0.29) is 11.9 Å². The van der Waals surface area contributed by atoms with Gasteiger partial charge in [0.1, 0.15) is 0 Å². The van der Waals surface area contributed by atoms with Crippen LogP contribution in [0.5, 0.6) is 0 Å². The van der Waals surface area contributed by atoms with Crippen molar-refractivity contribution in [3.05, 3.63) is 0 Å². The summed E-state index contributed by atoms with van der Waals surface area (Å²) < 4.78 is 0. The molecule has 1 aliphatic heterocycles. The molecule has 1 saturated heterocycles. The van der Waals surface area contributed by atoms with Crippen LogP contribution in [-0.2, 0) is 4.79 Å². The van der Waals surface area contributed by atoms with Crippen LogP contribution in [0.25, 0.3) is 0 Å². The monoisotopic (exact) mass is 224 g/mol. The minimum Gasteiger partial charge on any atom is -0.342 e. The van der Waals surface area contributed by atoms with Crippen molar-refractivity contribution < 1.29 is 4.79 Å². The van der Waals surface area contributed by atoms with E-state index >= 15 is 0 Å². The van der Waals surface area contributed by atoms with E-state index < -0.39 is 0 Å². The molecule has 1 saturated carbocycles. The zero-order valence-electron chi connectivity index (χ0n) is 10.4. The molecule has 92 valence electrons. The van der Waals surface area contributed by atoms with Crippen molar-refractivity contribution in [2.75, 3.05) is 13.1 Å². The molecule has 1 amide bonds. The first-order chi connectivity index (χ1) is 7.61. The van der Waals surface area contributed by atoms with Crippen molar-refractivity contribution in [3.8, 4) is 0 Å². The van der Waals surface area contributed by atoms with Crippen molar-refractivity contribution >= 4 is 5.91 Å². The van der Waals surface area contributed by atoms with Gasteiger partial charge < -0.3 is 10.6 Å². The zero-order chi connectivity index (χ0) is 11.6. The molecule has 3 heteroatoms. The number of hydrogen-bond donors (Lipinski definition) is 1. The molecular weight excluding hydrogens is 200 g/mol. The second kappa shape index (κ2) is 4.74. The molecule has 2 rings (SSSR count). The van der Waals surface area contributed by atoms with Crippen LogP contribution in [0.3, 0.4) is 0 Å². The minimum absolute atomic E-state index is 0.00425. The number of rotatable bonds is 2. The number of nitrogens with zero attached hydrogens (tertiary/aromatic N) is 1. The number of carbonyl (C=O) groups excluding carboxylic acids is 1. The molecule has 3 nitrogen and oxygen atoms in total. The number of likely N-dealkylation sites (tertiary alicyclic amines) is 1. The molecule has 2 aliphatic rings. The molecule has 0 bridgehead atoms. The average Bonchev–Trinajstić information content (AvgIpc) is 2.62. The number of nitrogens with two attached hydrogens (primary N) is 1. The van der Waals surface area contributed by atoms with Crippen molar-refractivity contribution in [3.63, 3.8) is 0 Å². The lowest BCUT2D eigenvalue weighted by Crippen LogP contribution is -2.35. The fourth-order valence-corrected chi connectivity index (χ4v) is 3.26. The van der Waals surface area contributed by atoms with E-state index in [1.807, 2.05) is 6.92 Å². The van der Waals surface area contributed by atoms with Crippen LogP contribution in [-0.4, -0.2) is 29.9 Å². The highest BCUT2D eigenvalue weighted by Crippen LogP contribution is 2.43. The normalized spacial score (nSPS) is 26.0. The van der Waals surface area contributed by atoms with Gasteiger partial charge in [-0.25, -0.2) is 0 Å². The summed E-state index contributed by atoms with van der Waals surface area (Å²) in [5.74, 6) is 0.262. The summed E-state index contributed by atoms with van der Waals surface area (Å²) >= 11 is 0. The summed E-state index contributed by atoms with van der Waals surface area (Å²) in [7, 11) is 0. The average molecular weight is 224 g/mol. The molecule has 1 unspecified atom stereocenters. The third kappa shape index (κ3) is 2.57. The van der Waals surface area contributed by atoms with Crippen LogP contribution in [0.1, 0.15) is 51.9 Å². The Kier molecular flexibility index (Phi) is 3.53. The molecule has 0 aromatic rings. The Morgan fingerprint density at radius 2 is 2.00 bits per heavy atom. The number of carbonyl (C=O) groups is 1. The lowest BCUT2D eigenvalue weighted by molar-refractivity contribution is -0.130. The molecule has 1 atom stereocenters. The Morgan fingerprint density at radius 3 is 2.62 bits per heavy atom. The van der Waals surface area contributed by atoms with E-state index in [1.54, 1.807) is 0 Å². The minimum atomic E-state index is -0.00425. The maximum atomic E-state index is 11.9. The molecule has 1 heterocycles. The maximum absolute atomic E-state index is 11.9. The molecule has 1 spiro atoms. The highest BCUT2D eigenvalue weighted by molar-refractivity contribution is 5.77. The van der Waals surface area contributed by atoms with Gasteiger partial charge in [-0.15, -0.1) is 0 Å². The van der Waals surface area contributed by atoms with E-state index in [2.05, 4.69) is 4.90 Å². The maximum Gasteiger partial charge on any atom is 0.224 e. The van der Waals surface area contributed by atoms with Crippen LogP contribution in [0.4, 0.5) is 0 Å². The molecule has 16 heavy (non-hydrogen) atoms. The van der Waals surface area contributed by atoms with Crippen molar-refractivity contribution in [1.82, 2.24) is 4.90 Å². The highest BCUT2D eigenvalue weighted by Gasteiger charge is 2.40. The van der Waals surface area contributed by atoms with E-state index in [9.17, 15) is 4.79 Å². The Hall–Kier alpha value is -0.570. The van der Waals surface area contributed by atoms with Gasteiger partial charge in [-0.2, -0.15) is 0 Å². The van der Waals surface area contributed by atoms with Crippen LogP contribution in [0.15, 0.2) is 0 Å². The van der Waals surface area contributed by atoms with Gasteiger partial charge in [0.15, 0.2) is 0 Å². The van der Waals surface area contributed by atoms with Gasteiger partial charge in [-0.1, -0.05) is 19.3 Å². The Bertz CT molecular complexity index is 257. The molecule has 0 radical (unpaired) electrons. The molecule has 0 aromatic carbocycles. The second-order valence-electron chi connectivity index (χ2n) is 5.81. The fourth-order valence-electron chi connectivity index (χ4n) is 3.26. The van der Waals surface area contributed by atoms with Crippen LogP contribution in [0, 0.1) is 5.41 Å². The van der Waals surface area contributed by atoms with E-state index in [0.29, 0.717) is 11.8 Å². The first-order valence-electron chi connectivity index (χ1n) is 6.65. The topological polar surface area (TPSA) is 46.3 Å². The van der Waals surface area contributed by atoms with E-state index in [4.69, 9.17) is 5.73 Å². The summed E-state index contributed by atoms with van der Waals surface area (Å²) in [6.45, 7) is 3.87. The van der Waals surface area contributed by atoms with Crippen LogP contribution >= 0.6 is 0 Å². The predicted octanol–water partition coefficient (Wildman–Crippen LogP) is 1.91. The fraction of sp³-hybridized carbons (Fsp3) is 0.923. The second-order valence-corrected chi connectivity index (χ2v) is 5.81. The zero-order valence-corrected chi connectivity index (χ0v) is 10.4. The van der Waals surface area contributed by atoms with Gasteiger partial charge in [-0.3, -0.25) is 4.79 Å². The largest absolute Gasteiger partial charge is 0.342 e. The van der Waals surface area contributed by atoms with Gasteiger partial charge in [0.25, 0.3) is 0 Å². The third-order valence-electron chi connectivity index (χ3n) is 4.20. The van der Waals surface area contributed by atoms with Gasteiger partial charge in [0, 0.05) is 25.6 Å². The van der Waals surface area contributed by atoms with Crippen LogP contribution in [0.2, 0.25) is 0 Å². The first kappa shape index (κ1) is 11.9. The number of hydrogen-bond acceptors (Lipinski definition) is 2.